The third-order valence-corrected chi connectivity index (χ3v) is 4.88. The highest BCUT2D eigenvalue weighted by Gasteiger charge is 2.14. The average molecular weight is 371 g/mol. The highest BCUT2D eigenvalue weighted by atomic mass is 32.1. The van der Waals surface area contributed by atoms with Crippen molar-refractivity contribution in [2.75, 3.05) is 6.61 Å². The number of hydrogen-bond donors (Lipinski definition) is 1. The Bertz CT molecular complexity index is 882. The van der Waals surface area contributed by atoms with E-state index in [1.807, 2.05) is 50.4 Å². The maximum absolute atomic E-state index is 12.2. The lowest BCUT2D eigenvalue weighted by molar-refractivity contribution is -0.120. The second-order valence-corrected chi connectivity index (χ2v) is 6.69. The van der Waals surface area contributed by atoms with Gasteiger partial charge in [0.1, 0.15) is 16.5 Å². The standard InChI is InChI=1S/C19H21N3O3S/c1-4-24-17-8-6-5-7-15(17)19-21-14(11-26-19)9-18(23)20-10-16-12(2)22-25-13(16)3/h5-8,11H,4,9-10H2,1-3H3,(H,20,23). The molecule has 2 heterocycles. The van der Waals surface area contributed by atoms with Crippen molar-refractivity contribution in [3.63, 3.8) is 0 Å². The van der Waals surface area contributed by atoms with Crippen LogP contribution in [0.25, 0.3) is 10.6 Å². The summed E-state index contributed by atoms with van der Waals surface area (Å²) in [5.41, 5.74) is 3.41. The summed E-state index contributed by atoms with van der Waals surface area (Å²) in [5.74, 6) is 1.45. The highest BCUT2D eigenvalue weighted by Crippen LogP contribution is 2.32. The van der Waals surface area contributed by atoms with E-state index in [4.69, 9.17) is 9.26 Å². The van der Waals surface area contributed by atoms with Crippen LogP contribution in [0.5, 0.6) is 5.75 Å². The van der Waals surface area contributed by atoms with Gasteiger partial charge in [-0.05, 0) is 32.9 Å². The highest BCUT2D eigenvalue weighted by molar-refractivity contribution is 7.13. The molecular weight excluding hydrogens is 350 g/mol. The Balaban J connectivity index is 1.64. The number of hydrogen-bond acceptors (Lipinski definition) is 6. The van der Waals surface area contributed by atoms with E-state index in [1.165, 1.54) is 11.3 Å². The quantitative estimate of drug-likeness (QED) is 0.686. The molecule has 0 saturated carbocycles. The van der Waals surface area contributed by atoms with Crippen molar-refractivity contribution in [3.8, 4) is 16.3 Å². The van der Waals surface area contributed by atoms with E-state index in [2.05, 4.69) is 15.5 Å². The molecule has 1 amide bonds. The third kappa shape index (κ3) is 4.11. The number of para-hydroxylation sites is 1. The summed E-state index contributed by atoms with van der Waals surface area (Å²) < 4.78 is 10.8. The first-order valence-corrected chi connectivity index (χ1v) is 9.31. The van der Waals surface area contributed by atoms with Crippen LogP contribution in [0, 0.1) is 13.8 Å². The molecule has 1 aromatic carbocycles. The van der Waals surface area contributed by atoms with Gasteiger partial charge in [0.25, 0.3) is 0 Å². The van der Waals surface area contributed by atoms with Crippen LogP contribution in [-0.2, 0) is 17.8 Å². The normalized spacial score (nSPS) is 10.7. The molecule has 1 N–H and O–H groups in total. The Morgan fingerprint density at radius 2 is 2.12 bits per heavy atom. The fraction of sp³-hybridized carbons (Fsp3) is 0.316. The molecule has 6 nitrogen and oxygen atoms in total. The predicted molar refractivity (Wildman–Crippen MR) is 100 cm³/mol. The topological polar surface area (TPSA) is 77.2 Å². The minimum atomic E-state index is -0.0834. The van der Waals surface area contributed by atoms with Crippen molar-refractivity contribution < 1.29 is 14.1 Å². The Hall–Kier alpha value is -2.67. The first-order chi connectivity index (χ1) is 12.6. The molecule has 2 aromatic heterocycles. The molecule has 0 saturated heterocycles. The van der Waals surface area contributed by atoms with Crippen LogP contribution in [-0.4, -0.2) is 22.7 Å². The number of amides is 1. The molecular formula is C19H21N3O3S. The van der Waals surface area contributed by atoms with Gasteiger partial charge in [-0.1, -0.05) is 17.3 Å². The van der Waals surface area contributed by atoms with Gasteiger partial charge in [-0.15, -0.1) is 11.3 Å². The lowest BCUT2D eigenvalue weighted by Crippen LogP contribution is -2.25. The molecule has 3 rings (SSSR count). The zero-order valence-corrected chi connectivity index (χ0v) is 15.9. The van der Waals surface area contributed by atoms with Crippen LogP contribution in [0.1, 0.15) is 29.6 Å². The molecule has 3 aromatic rings. The van der Waals surface area contributed by atoms with Crippen LogP contribution >= 0.6 is 11.3 Å². The number of thiazole rings is 1. The first-order valence-electron chi connectivity index (χ1n) is 8.43. The van der Waals surface area contributed by atoms with Gasteiger partial charge < -0.3 is 14.6 Å². The number of aryl methyl sites for hydroxylation is 2. The van der Waals surface area contributed by atoms with Crippen molar-refractivity contribution in [3.05, 3.63) is 52.4 Å². The average Bonchev–Trinajstić information content (AvgIpc) is 3.21. The number of ether oxygens (including phenoxy) is 1. The summed E-state index contributed by atoms with van der Waals surface area (Å²) in [7, 11) is 0. The summed E-state index contributed by atoms with van der Waals surface area (Å²) in [4.78, 5) is 16.8. The summed E-state index contributed by atoms with van der Waals surface area (Å²) in [5, 5.41) is 9.55. The van der Waals surface area contributed by atoms with Crippen LogP contribution in [0.2, 0.25) is 0 Å². The number of nitrogens with zero attached hydrogens (tertiary/aromatic N) is 2. The van der Waals surface area contributed by atoms with Gasteiger partial charge in [0.2, 0.25) is 5.91 Å². The van der Waals surface area contributed by atoms with E-state index < -0.39 is 0 Å². The van der Waals surface area contributed by atoms with Gasteiger partial charge in [0.05, 0.1) is 30.0 Å². The summed E-state index contributed by atoms with van der Waals surface area (Å²) in [6, 6.07) is 7.79. The first kappa shape index (κ1) is 18.1. The Labute approximate surface area is 156 Å². The third-order valence-electron chi connectivity index (χ3n) is 3.95. The van der Waals surface area contributed by atoms with Crippen molar-refractivity contribution in [1.29, 1.82) is 0 Å². The second-order valence-electron chi connectivity index (χ2n) is 5.83. The number of carbonyl (C=O) groups excluding carboxylic acids is 1. The van der Waals surface area contributed by atoms with Crippen LogP contribution in [0.4, 0.5) is 0 Å². The molecule has 7 heteroatoms. The van der Waals surface area contributed by atoms with Crippen molar-refractivity contribution in [2.24, 2.45) is 0 Å². The lowest BCUT2D eigenvalue weighted by atomic mass is 10.2. The van der Waals surface area contributed by atoms with E-state index in [1.54, 1.807) is 0 Å². The number of nitrogens with one attached hydrogen (secondary N) is 1. The van der Waals surface area contributed by atoms with E-state index in [0.717, 1.165) is 39.0 Å². The van der Waals surface area contributed by atoms with E-state index >= 15 is 0 Å². The molecule has 0 fully saturated rings. The van der Waals surface area contributed by atoms with Gasteiger partial charge in [-0.25, -0.2) is 4.98 Å². The molecule has 0 radical (unpaired) electrons. The van der Waals surface area contributed by atoms with Crippen LogP contribution in [0.3, 0.4) is 0 Å². The molecule has 0 spiro atoms. The molecule has 0 bridgehead atoms. The van der Waals surface area contributed by atoms with E-state index in [0.29, 0.717) is 13.2 Å². The Morgan fingerprint density at radius 1 is 1.31 bits per heavy atom. The molecule has 0 aliphatic heterocycles. The molecule has 0 unspecified atom stereocenters. The van der Waals surface area contributed by atoms with E-state index in [-0.39, 0.29) is 12.3 Å². The second kappa shape index (κ2) is 8.14. The van der Waals surface area contributed by atoms with Gasteiger partial charge in [-0.3, -0.25) is 4.79 Å². The van der Waals surface area contributed by atoms with Crippen LogP contribution < -0.4 is 10.1 Å². The van der Waals surface area contributed by atoms with Crippen molar-refractivity contribution >= 4 is 17.2 Å². The molecule has 0 atom stereocenters. The van der Waals surface area contributed by atoms with Gasteiger partial charge in [0.15, 0.2) is 0 Å². The Kier molecular flexibility index (Phi) is 5.68. The number of benzene rings is 1. The molecule has 0 aliphatic rings. The number of aromatic nitrogens is 2. The largest absolute Gasteiger partial charge is 0.493 e. The molecule has 136 valence electrons. The fourth-order valence-electron chi connectivity index (χ4n) is 2.60. The number of rotatable bonds is 7. The SMILES string of the molecule is CCOc1ccccc1-c1nc(CC(=O)NCc2c(C)noc2C)cs1. The number of carbonyl (C=O) groups is 1. The van der Waals surface area contributed by atoms with Crippen LogP contribution in [0.15, 0.2) is 34.2 Å². The smallest absolute Gasteiger partial charge is 0.226 e. The fourth-order valence-corrected chi connectivity index (χ4v) is 3.45. The lowest BCUT2D eigenvalue weighted by Gasteiger charge is -2.07. The summed E-state index contributed by atoms with van der Waals surface area (Å²) in [6.45, 7) is 6.65. The summed E-state index contributed by atoms with van der Waals surface area (Å²) >= 11 is 1.51. The zero-order valence-electron chi connectivity index (χ0n) is 15.0. The van der Waals surface area contributed by atoms with Crippen molar-refractivity contribution in [2.45, 2.75) is 33.7 Å². The van der Waals surface area contributed by atoms with Gasteiger partial charge in [-0.2, -0.15) is 0 Å². The van der Waals surface area contributed by atoms with Gasteiger partial charge >= 0.3 is 0 Å². The summed E-state index contributed by atoms with van der Waals surface area (Å²) in [6.07, 6.45) is 0.233. The molecule has 0 aliphatic carbocycles. The maximum atomic E-state index is 12.2. The monoisotopic (exact) mass is 371 g/mol. The minimum Gasteiger partial charge on any atom is -0.493 e. The minimum absolute atomic E-state index is 0.0834. The zero-order chi connectivity index (χ0) is 18.5. The maximum Gasteiger partial charge on any atom is 0.226 e. The van der Waals surface area contributed by atoms with Gasteiger partial charge in [0, 0.05) is 17.5 Å². The van der Waals surface area contributed by atoms with E-state index in [9.17, 15) is 4.79 Å². The molecule has 26 heavy (non-hydrogen) atoms. The Morgan fingerprint density at radius 3 is 2.85 bits per heavy atom. The van der Waals surface area contributed by atoms with Crippen molar-refractivity contribution in [1.82, 2.24) is 15.5 Å². The predicted octanol–water partition coefficient (Wildman–Crippen LogP) is 3.67.